The van der Waals surface area contributed by atoms with Gasteiger partial charge in [-0.3, -0.25) is 0 Å². The molecule has 0 bridgehead atoms. The maximum atomic E-state index is 11.2. The number of aliphatic hydroxyl groups is 3. The first kappa shape index (κ1) is 12.1. The lowest BCUT2D eigenvalue weighted by Gasteiger charge is -2.18. The summed E-state index contributed by atoms with van der Waals surface area (Å²) in [4.78, 5) is 11.2. The van der Waals surface area contributed by atoms with E-state index in [4.69, 9.17) is 9.84 Å². The molecule has 5 N–H and O–H groups in total. The SMILES string of the molecule is O=C1NC=CC=C([C@@H]2O[C@H](CO)[C@@H](O)[C@H]2O)N1. The maximum absolute atomic E-state index is 11.2. The van der Waals surface area contributed by atoms with Crippen LogP contribution in [0.1, 0.15) is 0 Å². The molecule has 0 aromatic heterocycles. The van der Waals surface area contributed by atoms with Crippen molar-refractivity contribution in [2.75, 3.05) is 6.61 Å². The molecule has 94 valence electrons. The molecule has 7 heteroatoms. The van der Waals surface area contributed by atoms with Gasteiger partial charge in [0.25, 0.3) is 0 Å². The summed E-state index contributed by atoms with van der Waals surface area (Å²) >= 11 is 0. The molecule has 17 heavy (non-hydrogen) atoms. The normalized spacial score (nSPS) is 37.1. The van der Waals surface area contributed by atoms with Crippen molar-refractivity contribution in [2.24, 2.45) is 0 Å². The van der Waals surface area contributed by atoms with E-state index < -0.39 is 37.1 Å². The van der Waals surface area contributed by atoms with Gasteiger partial charge < -0.3 is 30.7 Å². The Morgan fingerprint density at radius 1 is 1.35 bits per heavy atom. The first-order valence-electron chi connectivity index (χ1n) is 5.20. The number of carbonyl (C=O) groups is 1. The van der Waals surface area contributed by atoms with E-state index in [1.807, 2.05) is 0 Å². The summed E-state index contributed by atoms with van der Waals surface area (Å²) in [6.07, 6.45) is 0.473. The highest BCUT2D eigenvalue weighted by atomic mass is 16.6. The summed E-state index contributed by atoms with van der Waals surface area (Å²) in [5.41, 5.74) is 0.332. The number of nitrogens with one attached hydrogen (secondary N) is 2. The predicted octanol–water partition coefficient (Wildman–Crippen LogP) is -1.82. The van der Waals surface area contributed by atoms with Gasteiger partial charge in [0.05, 0.1) is 12.3 Å². The molecule has 0 saturated carbocycles. The van der Waals surface area contributed by atoms with Crippen LogP contribution in [0.25, 0.3) is 0 Å². The molecule has 2 aliphatic heterocycles. The summed E-state index contributed by atoms with van der Waals surface area (Å²) in [5.74, 6) is 0. The number of hydrogen-bond acceptors (Lipinski definition) is 5. The molecule has 2 heterocycles. The van der Waals surface area contributed by atoms with E-state index in [0.717, 1.165) is 0 Å². The van der Waals surface area contributed by atoms with Gasteiger partial charge in [-0.25, -0.2) is 4.79 Å². The number of allylic oxidation sites excluding steroid dienone is 2. The van der Waals surface area contributed by atoms with Crippen molar-refractivity contribution in [3.05, 3.63) is 24.0 Å². The molecule has 1 saturated heterocycles. The number of rotatable bonds is 2. The number of carbonyl (C=O) groups excluding carboxylic acids is 1. The molecular formula is C10H14N2O5. The van der Waals surface area contributed by atoms with Crippen LogP contribution in [0.4, 0.5) is 4.79 Å². The zero-order chi connectivity index (χ0) is 12.4. The number of ether oxygens (including phenoxy) is 1. The smallest absolute Gasteiger partial charge is 0.323 e. The summed E-state index contributed by atoms with van der Waals surface area (Å²) in [6.45, 7) is -0.399. The molecule has 0 radical (unpaired) electrons. The van der Waals surface area contributed by atoms with E-state index in [-0.39, 0.29) is 0 Å². The van der Waals surface area contributed by atoms with Crippen LogP contribution >= 0.6 is 0 Å². The Labute approximate surface area is 97.4 Å². The van der Waals surface area contributed by atoms with Crippen molar-refractivity contribution >= 4 is 6.03 Å². The Bertz CT molecular complexity index is 368. The van der Waals surface area contributed by atoms with Crippen LogP contribution in [-0.4, -0.2) is 52.4 Å². The second kappa shape index (κ2) is 4.84. The number of hydrogen-bond donors (Lipinski definition) is 5. The molecule has 2 rings (SSSR count). The van der Waals surface area contributed by atoms with Gasteiger partial charge in [0.2, 0.25) is 0 Å². The van der Waals surface area contributed by atoms with Gasteiger partial charge in [-0.1, -0.05) is 0 Å². The molecule has 2 aliphatic rings. The molecule has 0 aromatic rings. The van der Waals surface area contributed by atoms with Crippen molar-refractivity contribution in [3.8, 4) is 0 Å². The van der Waals surface area contributed by atoms with E-state index in [9.17, 15) is 15.0 Å². The van der Waals surface area contributed by atoms with Gasteiger partial charge in [-0.2, -0.15) is 0 Å². The van der Waals surface area contributed by atoms with Crippen LogP contribution in [0.5, 0.6) is 0 Å². The van der Waals surface area contributed by atoms with Gasteiger partial charge in [0.15, 0.2) is 0 Å². The quantitative estimate of drug-likeness (QED) is 0.391. The predicted molar refractivity (Wildman–Crippen MR) is 56.7 cm³/mol. The topological polar surface area (TPSA) is 111 Å². The fourth-order valence-corrected chi connectivity index (χ4v) is 1.81. The Balaban J connectivity index is 2.15. The summed E-state index contributed by atoms with van der Waals surface area (Å²) < 4.78 is 5.28. The van der Waals surface area contributed by atoms with E-state index >= 15 is 0 Å². The fraction of sp³-hybridized carbons (Fsp3) is 0.500. The average Bonchev–Trinajstić information content (AvgIpc) is 2.50. The first-order chi connectivity index (χ1) is 8.13. The van der Waals surface area contributed by atoms with Gasteiger partial charge in [-0.05, 0) is 12.2 Å². The van der Waals surface area contributed by atoms with E-state index in [1.165, 1.54) is 6.20 Å². The molecule has 7 nitrogen and oxygen atoms in total. The van der Waals surface area contributed by atoms with Crippen LogP contribution in [0.2, 0.25) is 0 Å². The third-order valence-electron chi connectivity index (χ3n) is 2.69. The molecule has 1 fully saturated rings. The summed E-state index contributed by atoms with van der Waals surface area (Å²) in [6, 6.07) is -0.456. The second-order valence-corrected chi connectivity index (χ2v) is 3.84. The third-order valence-corrected chi connectivity index (χ3v) is 2.69. The van der Waals surface area contributed by atoms with Crippen LogP contribution < -0.4 is 10.6 Å². The Kier molecular flexibility index (Phi) is 3.43. The molecule has 4 atom stereocenters. The standard InChI is InChI=1S/C10H14N2O5/c13-4-6-7(14)8(15)9(17-6)5-2-1-3-11-10(16)12-5/h1-3,6-9,13-15H,4H2,(H2,11,12,16)/t6-,7-,8-,9+/m1/s1. The van der Waals surface area contributed by atoms with Crippen molar-refractivity contribution in [2.45, 2.75) is 24.4 Å². The zero-order valence-corrected chi connectivity index (χ0v) is 8.91. The maximum Gasteiger partial charge on any atom is 0.323 e. The lowest BCUT2D eigenvalue weighted by Crippen LogP contribution is -2.40. The van der Waals surface area contributed by atoms with E-state index in [0.29, 0.717) is 5.70 Å². The highest BCUT2D eigenvalue weighted by Gasteiger charge is 2.44. The average molecular weight is 242 g/mol. The van der Waals surface area contributed by atoms with Gasteiger partial charge >= 0.3 is 6.03 Å². The lowest BCUT2D eigenvalue weighted by atomic mass is 10.1. The summed E-state index contributed by atoms with van der Waals surface area (Å²) in [5, 5.41) is 33.2. The molecule has 0 aliphatic carbocycles. The van der Waals surface area contributed by atoms with E-state index in [2.05, 4.69) is 10.6 Å². The molecule has 0 spiro atoms. The molecular weight excluding hydrogens is 228 g/mol. The minimum absolute atomic E-state index is 0.332. The van der Waals surface area contributed by atoms with Crippen molar-refractivity contribution in [1.29, 1.82) is 0 Å². The fourth-order valence-electron chi connectivity index (χ4n) is 1.81. The largest absolute Gasteiger partial charge is 0.394 e. The van der Waals surface area contributed by atoms with Crippen LogP contribution in [-0.2, 0) is 4.74 Å². The van der Waals surface area contributed by atoms with Crippen LogP contribution in [0.15, 0.2) is 24.0 Å². The van der Waals surface area contributed by atoms with Crippen molar-refractivity contribution in [1.82, 2.24) is 10.6 Å². The lowest BCUT2D eigenvalue weighted by molar-refractivity contribution is -0.0146. The molecule has 0 aromatic carbocycles. The first-order valence-corrected chi connectivity index (χ1v) is 5.20. The van der Waals surface area contributed by atoms with E-state index in [1.54, 1.807) is 12.2 Å². The van der Waals surface area contributed by atoms with Crippen LogP contribution in [0, 0.1) is 0 Å². The Morgan fingerprint density at radius 3 is 2.76 bits per heavy atom. The second-order valence-electron chi connectivity index (χ2n) is 3.84. The minimum Gasteiger partial charge on any atom is -0.394 e. The monoisotopic (exact) mass is 242 g/mol. The van der Waals surface area contributed by atoms with Gasteiger partial charge in [-0.15, -0.1) is 0 Å². The van der Waals surface area contributed by atoms with Gasteiger partial charge in [0, 0.05) is 6.20 Å². The third kappa shape index (κ3) is 2.32. The molecule has 2 amide bonds. The van der Waals surface area contributed by atoms with Gasteiger partial charge in [0.1, 0.15) is 24.4 Å². The van der Waals surface area contributed by atoms with Crippen molar-refractivity contribution < 1.29 is 24.9 Å². The number of amides is 2. The Hall–Kier alpha value is -1.41. The molecule has 0 unspecified atom stereocenters. The minimum atomic E-state index is -1.19. The number of urea groups is 1. The van der Waals surface area contributed by atoms with Crippen LogP contribution in [0.3, 0.4) is 0 Å². The highest BCUT2D eigenvalue weighted by Crippen LogP contribution is 2.25. The highest BCUT2D eigenvalue weighted by molar-refractivity contribution is 5.77. The Morgan fingerprint density at radius 2 is 2.12 bits per heavy atom. The zero-order valence-electron chi connectivity index (χ0n) is 8.91. The van der Waals surface area contributed by atoms with Crippen molar-refractivity contribution in [3.63, 3.8) is 0 Å². The summed E-state index contributed by atoms with van der Waals surface area (Å²) in [7, 11) is 0. The number of aliphatic hydroxyl groups excluding tert-OH is 3.